The van der Waals surface area contributed by atoms with Crippen LogP contribution in [-0.4, -0.2) is 0 Å². The van der Waals surface area contributed by atoms with Crippen molar-refractivity contribution in [2.45, 2.75) is 18.4 Å². The minimum atomic E-state index is -0.582. The smallest absolute Gasteiger partial charge is 0.149 e. The van der Waals surface area contributed by atoms with E-state index in [4.69, 9.17) is 23.2 Å². The topological polar surface area (TPSA) is 12.0 Å². The highest BCUT2D eigenvalue weighted by Gasteiger charge is 2.40. The molecule has 0 spiro atoms. The molecule has 118 valence electrons. The minimum Gasteiger partial charge on any atom is -0.375 e. The molecule has 4 rings (SSSR count). The number of halogens is 4. The molecular formula is C18H13Cl2F2N. The Morgan fingerprint density at radius 3 is 2.74 bits per heavy atom. The molecule has 1 heterocycles. The number of fused-ring (bicyclic) bond motifs is 3. The zero-order valence-electron chi connectivity index (χ0n) is 12.0. The average molecular weight is 352 g/mol. The number of nitrogens with one attached hydrogen (secondary N) is 1. The molecule has 23 heavy (non-hydrogen) atoms. The Morgan fingerprint density at radius 2 is 1.91 bits per heavy atom. The monoisotopic (exact) mass is 351 g/mol. The lowest BCUT2D eigenvalue weighted by Gasteiger charge is -2.38. The van der Waals surface area contributed by atoms with E-state index in [2.05, 4.69) is 11.4 Å². The lowest BCUT2D eigenvalue weighted by Crippen LogP contribution is -2.30. The standard InChI is InChI=1S/C18H13Cl2F2N/c19-14-6-2-5-12(16(14)20)17-11-4-1-3-10(11)13-7-9(21)8-15(22)18(13)23-17/h1-3,5-8,10-11,17,23H,4H2/t10-,11-,17+/m1/s1. The van der Waals surface area contributed by atoms with Gasteiger partial charge in [-0.2, -0.15) is 0 Å². The van der Waals surface area contributed by atoms with E-state index < -0.39 is 11.6 Å². The zero-order chi connectivity index (χ0) is 16.1. The van der Waals surface area contributed by atoms with Gasteiger partial charge in [0.2, 0.25) is 0 Å². The largest absolute Gasteiger partial charge is 0.375 e. The number of hydrogen-bond acceptors (Lipinski definition) is 1. The Kier molecular flexibility index (Phi) is 3.58. The van der Waals surface area contributed by atoms with Crippen molar-refractivity contribution in [2.75, 3.05) is 5.32 Å². The molecule has 1 aliphatic carbocycles. The van der Waals surface area contributed by atoms with Gasteiger partial charge in [-0.25, -0.2) is 8.78 Å². The SMILES string of the molecule is Fc1cc(F)c2c(c1)[C@@H]1C=CC[C@H]1[C@@H](c1cccc(Cl)c1Cl)N2. The number of hydrogen-bond donors (Lipinski definition) is 1. The van der Waals surface area contributed by atoms with E-state index in [9.17, 15) is 8.78 Å². The summed E-state index contributed by atoms with van der Waals surface area (Å²) in [6, 6.07) is 7.60. The summed E-state index contributed by atoms with van der Waals surface area (Å²) in [7, 11) is 0. The molecule has 0 fully saturated rings. The van der Waals surface area contributed by atoms with Gasteiger partial charge >= 0.3 is 0 Å². The molecule has 0 amide bonds. The van der Waals surface area contributed by atoms with Crippen molar-refractivity contribution >= 4 is 28.9 Å². The van der Waals surface area contributed by atoms with Crippen LogP contribution in [-0.2, 0) is 0 Å². The van der Waals surface area contributed by atoms with E-state index >= 15 is 0 Å². The van der Waals surface area contributed by atoms with Crippen molar-refractivity contribution in [1.29, 1.82) is 0 Å². The van der Waals surface area contributed by atoms with Gasteiger partial charge in [-0.3, -0.25) is 0 Å². The summed E-state index contributed by atoms with van der Waals surface area (Å²) in [6.45, 7) is 0. The highest BCUT2D eigenvalue weighted by molar-refractivity contribution is 6.42. The van der Waals surface area contributed by atoms with Gasteiger partial charge in [0.25, 0.3) is 0 Å². The van der Waals surface area contributed by atoms with Gasteiger partial charge in [0.15, 0.2) is 0 Å². The van der Waals surface area contributed by atoms with Gasteiger partial charge < -0.3 is 5.32 Å². The molecule has 0 radical (unpaired) electrons. The first kappa shape index (κ1) is 15.0. The molecular weight excluding hydrogens is 339 g/mol. The van der Waals surface area contributed by atoms with Crippen molar-refractivity contribution < 1.29 is 8.78 Å². The summed E-state index contributed by atoms with van der Waals surface area (Å²) in [5.74, 6) is -1.01. The second-order valence-corrected chi connectivity index (χ2v) is 6.76. The summed E-state index contributed by atoms with van der Waals surface area (Å²) in [4.78, 5) is 0. The molecule has 1 aliphatic heterocycles. The van der Waals surface area contributed by atoms with E-state index in [-0.39, 0.29) is 17.9 Å². The van der Waals surface area contributed by atoms with E-state index in [0.717, 1.165) is 18.1 Å². The molecule has 0 aromatic heterocycles. The maximum absolute atomic E-state index is 14.3. The molecule has 5 heteroatoms. The molecule has 1 N–H and O–H groups in total. The molecule has 3 atom stereocenters. The van der Waals surface area contributed by atoms with Crippen LogP contribution in [0, 0.1) is 17.6 Å². The number of allylic oxidation sites excluding steroid dienone is 2. The number of benzene rings is 2. The average Bonchev–Trinajstić information content (AvgIpc) is 3.00. The van der Waals surface area contributed by atoms with Gasteiger partial charge in [0.05, 0.1) is 21.8 Å². The number of anilines is 1. The maximum Gasteiger partial charge on any atom is 0.149 e. The number of rotatable bonds is 1. The quantitative estimate of drug-likeness (QED) is 0.612. The molecule has 0 saturated carbocycles. The predicted molar refractivity (Wildman–Crippen MR) is 89.2 cm³/mol. The Bertz CT molecular complexity index is 819. The van der Waals surface area contributed by atoms with Gasteiger partial charge in [-0.05, 0) is 35.6 Å². The van der Waals surface area contributed by atoms with Gasteiger partial charge in [-0.15, -0.1) is 0 Å². The highest BCUT2D eigenvalue weighted by atomic mass is 35.5. The van der Waals surface area contributed by atoms with E-state index in [1.54, 1.807) is 6.07 Å². The van der Waals surface area contributed by atoms with Crippen LogP contribution in [0.4, 0.5) is 14.5 Å². The fourth-order valence-corrected chi connectivity index (χ4v) is 4.12. The van der Waals surface area contributed by atoms with E-state index in [0.29, 0.717) is 21.3 Å². The summed E-state index contributed by atoms with van der Waals surface area (Å²) in [6.07, 6.45) is 4.90. The van der Waals surface area contributed by atoms with Crippen LogP contribution < -0.4 is 5.32 Å². The fourth-order valence-electron chi connectivity index (χ4n) is 3.69. The first-order valence-corrected chi connectivity index (χ1v) is 8.18. The van der Waals surface area contributed by atoms with E-state index in [1.165, 1.54) is 6.07 Å². The van der Waals surface area contributed by atoms with Crippen molar-refractivity contribution in [1.82, 2.24) is 0 Å². The Labute approximate surface area is 142 Å². The van der Waals surface area contributed by atoms with Crippen LogP contribution in [0.3, 0.4) is 0 Å². The third-order valence-corrected chi connectivity index (χ3v) is 5.54. The normalized spacial score (nSPS) is 25.0. The van der Waals surface area contributed by atoms with Crippen molar-refractivity contribution in [3.05, 3.63) is 75.3 Å². The summed E-state index contributed by atoms with van der Waals surface area (Å²) < 4.78 is 27.9. The highest BCUT2D eigenvalue weighted by Crippen LogP contribution is 2.51. The van der Waals surface area contributed by atoms with E-state index in [1.807, 2.05) is 18.2 Å². The van der Waals surface area contributed by atoms with Crippen LogP contribution in [0.15, 0.2) is 42.5 Å². The van der Waals surface area contributed by atoms with Crippen molar-refractivity contribution in [2.24, 2.45) is 5.92 Å². The van der Waals surface area contributed by atoms with Crippen LogP contribution >= 0.6 is 23.2 Å². The van der Waals surface area contributed by atoms with Gasteiger partial charge in [0.1, 0.15) is 11.6 Å². The summed E-state index contributed by atoms with van der Waals surface area (Å²) in [5.41, 5.74) is 1.85. The molecule has 2 aromatic carbocycles. The van der Waals surface area contributed by atoms with Gasteiger partial charge in [0, 0.05) is 12.0 Å². The van der Waals surface area contributed by atoms with Crippen LogP contribution in [0.1, 0.15) is 29.5 Å². The third-order valence-electron chi connectivity index (χ3n) is 4.70. The fraction of sp³-hybridized carbons (Fsp3) is 0.222. The van der Waals surface area contributed by atoms with Gasteiger partial charge in [-0.1, -0.05) is 47.5 Å². The summed E-state index contributed by atoms with van der Waals surface area (Å²) >= 11 is 12.5. The van der Waals surface area contributed by atoms with Crippen LogP contribution in [0.5, 0.6) is 0 Å². The second kappa shape index (κ2) is 5.50. The maximum atomic E-state index is 14.3. The van der Waals surface area contributed by atoms with Crippen LogP contribution in [0.2, 0.25) is 10.0 Å². The lowest BCUT2D eigenvalue weighted by molar-refractivity contribution is 0.418. The Morgan fingerprint density at radius 1 is 1.09 bits per heavy atom. The van der Waals surface area contributed by atoms with Crippen molar-refractivity contribution in [3.63, 3.8) is 0 Å². The molecule has 2 aliphatic rings. The molecule has 0 bridgehead atoms. The second-order valence-electron chi connectivity index (χ2n) is 5.97. The third kappa shape index (κ3) is 2.34. The van der Waals surface area contributed by atoms with Crippen molar-refractivity contribution in [3.8, 4) is 0 Å². The molecule has 2 aromatic rings. The Hall–Kier alpha value is -1.58. The first-order valence-electron chi connectivity index (χ1n) is 7.42. The minimum absolute atomic E-state index is 0.0310. The zero-order valence-corrected chi connectivity index (χ0v) is 13.5. The lowest BCUT2D eigenvalue weighted by atomic mass is 9.77. The predicted octanol–water partition coefficient (Wildman–Crippen LogP) is 6.10. The molecule has 1 nitrogen and oxygen atoms in total. The molecule has 0 saturated heterocycles. The molecule has 0 unspecified atom stereocenters. The van der Waals surface area contributed by atoms with Crippen LogP contribution in [0.25, 0.3) is 0 Å². The Balaban J connectivity index is 1.86. The summed E-state index contributed by atoms with van der Waals surface area (Å²) in [5, 5.41) is 4.17. The first-order chi connectivity index (χ1) is 11.1.